The van der Waals surface area contributed by atoms with Gasteiger partial charge in [-0.25, -0.2) is 5.43 Å². The van der Waals surface area contributed by atoms with E-state index in [2.05, 4.69) is 10.7 Å². The first-order chi connectivity index (χ1) is 6.11. The Balaban J connectivity index is 3.72. The minimum atomic E-state index is -1.05. The summed E-state index contributed by atoms with van der Waals surface area (Å²) in [5.41, 5.74) is 2.12. The number of nitrogens with two attached hydrogens (primary N) is 1. The van der Waals surface area contributed by atoms with Crippen molar-refractivity contribution in [3.05, 3.63) is 0 Å². The highest BCUT2D eigenvalue weighted by Gasteiger charge is 2.16. The highest BCUT2D eigenvalue weighted by Crippen LogP contribution is 1.96. The first kappa shape index (κ1) is 11.9. The van der Waals surface area contributed by atoms with Crippen LogP contribution in [0.3, 0.4) is 0 Å². The zero-order valence-corrected chi connectivity index (χ0v) is 7.54. The van der Waals surface area contributed by atoms with Crippen LogP contribution in [0.1, 0.15) is 19.8 Å². The standard InChI is InChI=1S/C7H15N3O3/c1-2-9-6(11)4-3-5(10-8)7(12)13/h5,10H,2-4,8H2,1H3,(H,9,11)(H,12,13)/t5-/m0/s1. The largest absolute Gasteiger partial charge is 0.480 e. The van der Waals surface area contributed by atoms with Crippen LogP contribution in [0.4, 0.5) is 0 Å². The maximum absolute atomic E-state index is 10.9. The van der Waals surface area contributed by atoms with Gasteiger partial charge in [0.25, 0.3) is 0 Å². The van der Waals surface area contributed by atoms with Gasteiger partial charge in [0.15, 0.2) is 0 Å². The summed E-state index contributed by atoms with van der Waals surface area (Å²) in [5, 5.41) is 11.1. The van der Waals surface area contributed by atoms with Gasteiger partial charge in [-0.05, 0) is 13.3 Å². The smallest absolute Gasteiger partial charge is 0.322 e. The van der Waals surface area contributed by atoms with Crippen molar-refractivity contribution in [2.45, 2.75) is 25.8 Å². The molecule has 5 N–H and O–H groups in total. The second kappa shape index (κ2) is 6.38. The van der Waals surface area contributed by atoms with Gasteiger partial charge in [0.1, 0.15) is 6.04 Å². The molecule has 6 heteroatoms. The molecule has 76 valence electrons. The zero-order chi connectivity index (χ0) is 10.3. The molecule has 0 unspecified atom stereocenters. The van der Waals surface area contributed by atoms with Crippen molar-refractivity contribution in [3.63, 3.8) is 0 Å². The monoisotopic (exact) mass is 189 g/mol. The molecule has 0 saturated heterocycles. The summed E-state index contributed by atoms with van der Waals surface area (Å²) < 4.78 is 0. The second-order valence-corrected chi connectivity index (χ2v) is 2.55. The fraction of sp³-hybridized carbons (Fsp3) is 0.714. The van der Waals surface area contributed by atoms with Gasteiger partial charge in [-0.15, -0.1) is 0 Å². The fourth-order valence-electron chi connectivity index (χ4n) is 0.839. The highest BCUT2D eigenvalue weighted by atomic mass is 16.4. The van der Waals surface area contributed by atoms with E-state index in [4.69, 9.17) is 10.9 Å². The van der Waals surface area contributed by atoms with Crippen LogP contribution in [0.15, 0.2) is 0 Å². The van der Waals surface area contributed by atoms with Crippen LogP contribution in [0.5, 0.6) is 0 Å². The Morgan fingerprint density at radius 2 is 2.15 bits per heavy atom. The number of carboxylic acids is 1. The summed E-state index contributed by atoms with van der Waals surface area (Å²) in [4.78, 5) is 21.3. The molecule has 0 aromatic heterocycles. The quantitative estimate of drug-likeness (QED) is 0.311. The number of amides is 1. The number of hydrogen-bond acceptors (Lipinski definition) is 4. The molecule has 0 saturated carbocycles. The minimum absolute atomic E-state index is 0.162. The van der Waals surface area contributed by atoms with E-state index in [0.717, 1.165) is 0 Å². The van der Waals surface area contributed by atoms with Gasteiger partial charge in [-0.3, -0.25) is 15.4 Å². The lowest BCUT2D eigenvalue weighted by Gasteiger charge is -2.09. The molecule has 0 radical (unpaired) electrons. The third-order valence-corrected chi connectivity index (χ3v) is 1.53. The molecule has 0 fully saturated rings. The van der Waals surface area contributed by atoms with Gasteiger partial charge in [0.05, 0.1) is 0 Å². The van der Waals surface area contributed by atoms with Gasteiger partial charge in [-0.2, -0.15) is 0 Å². The Kier molecular flexibility index (Phi) is 5.82. The first-order valence-corrected chi connectivity index (χ1v) is 4.07. The zero-order valence-electron chi connectivity index (χ0n) is 7.54. The van der Waals surface area contributed by atoms with E-state index in [-0.39, 0.29) is 18.7 Å². The topological polar surface area (TPSA) is 104 Å². The molecule has 0 bridgehead atoms. The summed E-state index contributed by atoms with van der Waals surface area (Å²) in [6.45, 7) is 2.35. The molecule has 1 amide bonds. The van der Waals surface area contributed by atoms with E-state index >= 15 is 0 Å². The Morgan fingerprint density at radius 1 is 1.54 bits per heavy atom. The first-order valence-electron chi connectivity index (χ1n) is 4.07. The van der Waals surface area contributed by atoms with Crippen LogP contribution >= 0.6 is 0 Å². The number of hydrogen-bond donors (Lipinski definition) is 4. The van der Waals surface area contributed by atoms with E-state index < -0.39 is 12.0 Å². The number of rotatable bonds is 6. The van der Waals surface area contributed by atoms with Crippen LogP contribution in [0, 0.1) is 0 Å². The van der Waals surface area contributed by atoms with Crippen LogP contribution in [-0.2, 0) is 9.59 Å². The van der Waals surface area contributed by atoms with Crippen molar-refractivity contribution in [2.24, 2.45) is 5.84 Å². The number of carbonyl (C=O) groups is 2. The van der Waals surface area contributed by atoms with Gasteiger partial charge >= 0.3 is 5.97 Å². The Labute approximate surface area is 76.5 Å². The third kappa shape index (κ3) is 5.15. The van der Waals surface area contributed by atoms with Gasteiger partial charge in [0.2, 0.25) is 5.91 Å². The van der Waals surface area contributed by atoms with E-state index in [1.165, 1.54) is 0 Å². The summed E-state index contributed by atoms with van der Waals surface area (Å²) in [5.74, 6) is 3.76. The van der Waals surface area contributed by atoms with Crippen LogP contribution in [0.25, 0.3) is 0 Å². The lowest BCUT2D eigenvalue weighted by atomic mass is 10.1. The predicted octanol–water partition coefficient (Wildman–Crippen LogP) is -1.18. The van der Waals surface area contributed by atoms with Crippen LogP contribution < -0.4 is 16.6 Å². The molecule has 6 nitrogen and oxygen atoms in total. The van der Waals surface area contributed by atoms with E-state index in [0.29, 0.717) is 6.54 Å². The summed E-state index contributed by atoms with van der Waals surface area (Å²) >= 11 is 0. The summed E-state index contributed by atoms with van der Waals surface area (Å²) in [6.07, 6.45) is 0.354. The number of hydrazine groups is 1. The molecule has 0 heterocycles. The Hall–Kier alpha value is -1.14. The third-order valence-electron chi connectivity index (χ3n) is 1.53. The highest BCUT2D eigenvalue weighted by molar-refractivity contribution is 5.78. The van der Waals surface area contributed by atoms with Gasteiger partial charge in [-0.1, -0.05) is 0 Å². The number of carbonyl (C=O) groups excluding carboxylic acids is 1. The van der Waals surface area contributed by atoms with Crippen LogP contribution in [0.2, 0.25) is 0 Å². The van der Waals surface area contributed by atoms with E-state index in [1.807, 2.05) is 0 Å². The van der Waals surface area contributed by atoms with E-state index in [1.54, 1.807) is 6.92 Å². The normalized spacial score (nSPS) is 12.2. The Bertz CT molecular complexity index is 184. The number of nitrogens with one attached hydrogen (secondary N) is 2. The molecule has 13 heavy (non-hydrogen) atoms. The molecule has 0 aromatic carbocycles. The van der Waals surface area contributed by atoms with E-state index in [9.17, 15) is 9.59 Å². The molecule has 0 spiro atoms. The van der Waals surface area contributed by atoms with Gasteiger partial charge in [0, 0.05) is 13.0 Å². The summed E-state index contributed by atoms with van der Waals surface area (Å²) in [7, 11) is 0. The number of aliphatic carboxylic acids is 1. The average Bonchev–Trinajstić information content (AvgIpc) is 2.05. The number of carboxylic acid groups (broad SMARTS) is 1. The molecular formula is C7H15N3O3. The molecule has 0 aliphatic rings. The van der Waals surface area contributed by atoms with Gasteiger partial charge < -0.3 is 10.4 Å². The molecule has 0 aromatic rings. The van der Waals surface area contributed by atoms with Crippen molar-refractivity contribution < 1.29 is 14.7 Å². The van der Waals surface area contributed by atoms with Crippen molar-refractivity contribution in [1.82, 2.24) is 10.7 Å². The summed E-state index contributed by atoms with van der Waals surface area (Å²) in [6, 6.07) is -0.859. The molecule has 0 aliphatic carbocycles. The molecule has 0 rings (SSSR count). The average molecular weight is 189 g/mol. The minimum Gasteiger partial charge on any atom is -0.480 e. The Morgan fingerprint density at radius 3 is 2.54 bits per heavy atom. The van der Waals surface area contributed by atoms with Crippen LogP contribution in [-0.4, -0.2) is 29.6 Å². The molecule has 0 aliphatic heterocycles. The molecular weight excluding hydrogens is 174 g/mol. The van der Waals surface area contributed by atoms with Crippen molar-refractivity contribution in [1.29, 1.82) is 0 Å². The lowest BCUT2D eigenvalue weighted by Crippen LogP contribution is -2.42. The fourth-order valence-corrected chi connectivity index (χ4v) is 0.839. The second-order valence-electron chi connectivity index (χ2n) is 2.55. The maximum Gasteiger partial charge on any atom is 0.322 e. The van der Waals surface area contributed by atoms with Crippen molar-refractivity contribution in [2.75, 3.05) is 6.54 Å². The predicted molar refractivity (Wildman–Crippen MR) is 46.7 cm³/mol. The maximum atomic E-state index is 10.9. The molecule has 1 atom stereocenters. The van der Waals surface area contributed by atoms with Crippen molar-refractivity contribution >= 4 is 11.9 Å². The lowest BCUT2D eigenvalue weighted by molar-refractivity contribution is -0.139. The van der Waals surface area contributed by atoms with Crippen molar-refractivity contribution in [3.8, 4) is 0 Å². The SMILES string of the molecule is CCNC(=O)CC[C@H](NN)C(=O)O.